The summed E-state index contributed by atoms with van der Waals surface area (Å²) in [4.78, 5) is 2.92. The molecule has 0 radical (unpaired) electrons. The summed E-state index contributed by atoms with van der Waals surface area (Å²) in [6.45, 7) is 0.141. The van der Waals surface area contributed by atoms with Crippen molar-refractivity contribution in [3.05, 3.63) is 45.3 Å². The maximum absolute atomic E-state index is 8.89. The van der Waals surface area contributed by atoms with Crippen LogP contribution in [0.1, 0.15) is 48.4 Å². The second-order valence-corrected chi connectivity index (χ2v) is 4.82. The Morgan fingerprint density at radius 2 is 2.06 bits per heavy atom. The van der Waals surface area contributed by atoms with E-state index in [-0.39, 0.29) is 12.6 Å². The topological polar surface area (TPSA) is 69.0 Å². The minimum Gasteiger partial charge on any atom is -0.396 e. The van der Waals surface area contributed by atoms with Crippen molar-refractivity contribution in [3.63, 3.8) is 0 Å². The summed E-state index contributed by atoms with van der Waals surface area (Å²) in [5.74, 6) is 0. The van der Waals surface area contributed by atoms with E-state index in [2.05, 4.69) is 28.2 Å². The van der Waals surface area contributed by atoms with E-state index in [4.69, 9.17) is 10.6 Å². The highest BCUT2D eigenvalue weighted by atomic mass is 16.2. The van der Waals surface area contributed by atoms with Crippen LogP contribution in [0, 0.1) is 0 Å². The number of rotatable bonds is 5. The number of hydrogen-bond acceptors (Lipinski definition) is 2. The molecule has 18 heavy (non-hydrogen) atoms. The maximum atomic E-state index is 8.89. The lowest BCUT2D eigenvalue weighted by Gasteiger charge is -2.19. The van der Waals surface area contributed by atoms with Gasteiger partial charge in [-0.3, -0.25) is 0 Å². The highest BCUT2D eigenvalue weighted by Crippen LogP contribution is 2.28. The SMILES string of the molecule is [N-]=[N+]=NC(CCCO)c1ccc2c(c1)CCCC2. The summed E-state index contributed by atoms with van der Waals surface area (Å²) in [5.41, 5.74) is 12.6. The van der Waals surface area contributed by atoms with Crippen molar-refractivity contribution in [1.29, 1.82) is 0 Å². The number of nitrogens with zero attached hydrogens (tertiary/aromatic N) is 3. The maximum Gasteiger partial charge on any atom is 0.0626 e. The standard InChI is InChI=1S/C14H19N3O/c15-17-16-14(6-3-9-18)13-8-7-11-4-1-2-5-12(11)10-13/h7-8,10,14,18H,1-6,9H2. The Morgan fingerprint density at radius 1 is 1.28 bits per heavy atom. The Morgan fingerprint density at radius 3 is 2.78 bits per heavy atom. The van der Waals surface area contributed by atoms with E-state index < -0.39 is 0 Å². The highest BCUT2D eigenvalue weighted by Gasteiger charge is 2.14. The van der Waals surface area contributed by atoms with Crippen LogP contribution in [0.15, 0.2) is 23.3 Å². The van der Waals surface area contributed by atoms with Crippen LogP contribution < -0.4 is 0 Å². The molecule has 1 aromatic rings. The summed E-state index contributed by atoms with van der Waals surface area (Å²) >= 11 is 0. The van der Waals surface area contributed by atoms with Crippen molar-refractivity contribution in [1.82, 2.24) is 0 Å². The average Bonchev–Trinajstić information content (AvgIpc) is 2.43. The Hall–Kier alpha value is -1.51. The fourth-order valence-electron chi connectivity index (χ4n) is 2.60. The Bertz CT molecular complexity index is 452. The van der Waals surface area contributed by atoms with Crippen molar-refractivity contribution in [2.45, 2.75) is 44.6 Å². The zero-order chi connectivity index (χ0) is 12.8. The van der Waals surface area contributed by atoms with Crippen LogP contribution in [-0.4, -0.2) is 11.7 Å². The lowest BCUT2D eigenvalue weighted by molar-refractivity contribution is 0.280. The molecule has 1 aliphatic rings. The van der Waals surface area contributed by atoms with E-state index in [0.717, 1.165) is 12.0 Å². The molecule has 1 N–H and O–H groups in total. The molecule has 0 heterocycles. The highest BCUT2D eigenvalue weighted by molar-refractivity contribution is 5.35. The van der Waals surface area contributed by atoms with Gasteiger partial charge in [0.1, 0.15) is 0 Å². The second kappa shape index (κ2) is 6.43. The van der Waals surface area contributed by atoms with Gasteiger partial charge in [0.2, 0.25) is 0 Å². The first-order chi connectivity index (χ1) is 8.85. The van der Waals surface area contributed by atoms with Gasteiger partial charge >= 0.3 is 0 Å². The molecule has 0 spiro atoms. The molecule has 96 valence electrons. The fraction of sp³-hybridized carbons (Fsp3) is 0.571. The number of azide groups is 1. The van der Waals surface area contributed by atoms with Crippen molar-refractivity contribution >= 4 is 0 Å². The first-order valence-corrected chi connectivity index (χ1v) is 6.62. The van der Waals surface area contributed by atoms with Crippen molar-refractivity contribution in [2.24, 2.45) is 5.11 Å². The summed E-state index contributed by atoms with van der Waals surface area (Å²) in [7, 11) is 0. The van der Waals surface area contributed by atoms with Crippen LogP contribution in [0.25, 0.3) is 10.4 Å². The molecule has 0 aliphatic heterocycles. The number of fused-ring (bicyclic) bond motifs is 1. The van der Waals surface area contributed by atoms with Crippen molar-refractivity contribution in [2.75, 3.05) is 6.61 Å². The summed E-state index contributed by atoms with van der Waals surface area (Å²) in [5, 5.41) is 12.7. The molecule has 1 atom stereocenters. The summed E-state index contributed by atoms with van der Waals surface area (Å²) in [6.07, 6.45) is 6.20. The monoisotopic (exact) mass is 245 g/mol. The van der Waals surface area contributed by atoms with Crippen LogP contribution >= 0.6 is 0 Å². The first-order valence-electron chi connectivity index (χ1n) is 6.62. The molecule has 0 fully saturated rings. The molecule has 0 amide bonds. The van der Waals surface area contributed by atoms with Gasteiger partial charge in [0, 0.05) is 11.5 Å². The lowest BCUT2D eigenvalue weighted by Crippen LogP contribution is -2.05. The molecule has 0 saturated heterocycles. The van der Waals surface area contributed by atoms with Crippen molar-refractivity contribution < 1.29 is 5.11 Å². The largest absolute Gasteiger partial charge is 0.396 e. The van der Waals surface area contributed by atoms with Gasteiger partial charge in [0.25, 0.3) is 0 Å². The van der Waals surface area contributed by atoms with Crippen LogP contribution in [-0.2, 0) is 12.8 Å². The molecule has 4 nitrogen and oxygen atoms in total. The Balaban J connectivity index is 2.21. The average molecular weight is 245 g/mol. The third-order valence-electron chi connectivity index (χ3n) is 3.58. The van der Waals surface area contributed by atoms with E-state index in [1.165, 1.54) is 30.4 Å². The van der Waals surface area contributed by atoms with E-state index in [1.807, 2.05) is 0 Å². The fourth-order valence-corrected chi connectivity index (χ4v) is 2.60. The minimum absolute atomic E-state index is 0.141. The summed E-state index contributed by atoms with van der Waals surface area (Å²) in [6, 6.07) is 6.28. The third-order valence-corrected chi connectivity index (χ3v) is 3.58. The predicted molar refractivity (Wildman–Crippen MR) is 71.3 cm³/mol. The normalized spacial score (nSPS) is 15.6. The summed E-state index contributed by atoms with van der Waals surface area (Å²) < 4.78 is 0. The molecule has 0 aromatic heterocycles. The Labute approximate surface area is 107 Å². The van der Waals surface area contributed by atoms with Crippen molar-refractivity contribution in [3.8, 4) is 0 Å². The minimum atomic E-state index is -0.144. The van der Waals surface area contributed by atoms with E-state index in [1.54, 1.807) is 0 Å². The molecule has 1 unspecified atom stereocenters. The van der Waals surface area contributed by atoms with Crippen LogP contribution in [0.3, 0.4) is 0 Å². The van der Waals surface area contributed by atoms with Crippen LogP contribution in [0.4, 0.5) is 0 Å². The van der Waals surface area contributed by atoms with E-state index in [9.17, 15) is 0 Å². The molecule has 0 bridgehead atoms. The molecule has 4 heteroatoms. The van der Waals surface area contributed by atoms with Gasteiger partial charge in [0.05, 0.1) is 6.04 Å². The molecule has 2 rings (SSSR count). The first kappa shape index (κ1) is 12.9. The van der Waals surface area contributed by atoms with Crippen LogP contribution in [0.2, 0.25) is 0 Å². The van der Waals surface area contributed by atoms with Gasteiger partial charge in [-0.05, 0) is 60.7 Å². The third kappa shape index (κ3) is 3.03. The number of benzene rings is 1. The van der Waals surface area contributed by atoms with Gasteiger partial charge in [-0.25, -0.2) is 0 Å². The number of aliphatic hydroxyl groups is 1. The number of aryl methyl sites for hydroxylation is 2. The van der Waals surface area contributed by atoms with Gasteiger partial charge in [-0.1, -0.05) is 23.3 Å². The molecule has 0 saturated carbocycles. The quantitative estimate of drug-likeness (QED) is 0.479. The lowest BCUT2D eigenvalue weighted by atomic mass is 9.88. The smallest absolute Gasteiger partial charge is 0.0626 e. The number of aliphatic hydroxyl groups excluding tert-OH is 1. The van der Waals surface area contributed by atoms with E-state index >= 15 is 0 Å². The Kier molecular flexibility index (Phi) is 4.62. The van der Waals surface area contributed by atoms with Gasteiger partial charge < -0.3 is 5.11 Å². The molecular formula is C14H19N3O. The predicted octanol–water partition coefficient (Wildman–Crippen LogP) is 3.69. The molecular weight excluding hydrogens is 226 g/mol. The molecule has 1 aromatic carbocycles. The van der Waals surface area contributed by atoms with Gasteiger partial charge in [-0.2, -0.15) is 0 Å². The van der Waals surface area contributed by atoms with Gasteiger partial charge in [0.15, 0.2) is 0 Å². The number of hydrogen-bond donors (Lipinski definition) is 1. The molecule has 1 aliphatic carbocycles. The second-order valence-electron chi connectivity index (χ2n) is 4.82. The zero-order valence-electron chi connectivity index (χ0n) is 10.5. The van der Waals surface area contributed by atoms with Crippen LogP contribution in [0.5, 0.6) is 0 Å². The zero-order valence-corrected chi connectivity index (χ0v) is 10.5. The van der Waals surface area contributed by atoms with Gasteiger partial charge in [-0.15, -0.1) is 0 Å². The van der Waals surface area contributed by atoms with E-state index in [0.29, 0.717) is 12.8 Å².